The molecule has 0 aliphatic heterocycles. The number of carbonyl (C=O) groups is 1. The van der Waals surface area contributed by atoms with Crippen LogP contribution in [0.4, 0.5) is 5.69 Å². The fraction of sp³-hybridized carbons (Fsp3) is 0.174. The number of amides is 1. The van der Waals surface area contributed by atoms with Gasteiger partial charge in [-0.2, -0.15) is 0 Å². The molecule has 1 amide bonds. The zero-order valence-corrected chi connectivity index (χ0v) is 18.8. The molecule has 3 rings (SSSR count). The molecule has 1 unspecified atom stereocenters. The van der Waals surface area contributed by atoms with Crippen molar-refractivity contribution < 1.29 is 13.2 Å². The molecule has 0 aromatic heterocycles. The van der Waals surface area contributed by atoms with Crippen molar-refractivity contribution in [3.63, 3.8) is 0 Å². The normalized spacial score (nSPS) is 12.4. The van der Waals surface area contributed by atoms with Crippen LogP contribution in [0.25, 0.3) is 0 Å². The number of hydrogen-bond donors (Lipinski definition) is 2. The number of benzene rings is 3. The van der Waals surface area contributed by atoms with E-state index in [9.17, 15) is 13.2 Å². The fourth-order valence-electron chi connectivity index (χ4n) is 3.15. The predicted molar refractivity (Wildman–Crippen MR) is 124 cm³/mol. The molecular formula is C23H24ClN3O3S. The molecule has 162 valence electrons. The van der Waals surface area contributed by atoms with Crippen LogP contribution in [-0.4, -0.2) is 39.9 Å². The molecule has 8 heteroatoms. The molecule has 0 spiro atoms. The zero-order chi connectivity index (χ0) is 22.4. The maximum absolute atomic E-state index is 12.7. The second kappa shape index (κ2) is 9.96. The van der Waals surface area contributed by atoms with Gasteiger partial charge in [-0.3, -0.25) is 9.52 Å². The summed E-state index contributed by atoms with van der Waals surface area (Å²) in [5, 5.41) is 3.54. The summed E-state index contributed by atoms with van der Waals surface area (Å²) in [5.41, 5.74) is 1.58. The van der Waals surface area contributed by atoms with Crippen LogP contribution >= 0.6 is 11.6 Å². The summed E-state index contributed by atoms with van der Waals surface area (Å²) in [5.74, 6) is -0.306. The highest BCUT2D eigenvalue weighted by Crippen LogP contribution is 2.25. The molecule has 2 N–H and O–H groups in total. The SMILES string of the molecule is CN(C)C(CNC(=O)c1cccc(NS(=O)(=O)c2ccccc2)c1)c1ccccc1Cl. The van der Waals surface area contributed by atoms with E-state index in [1.807, 2.05) is 43.3 Å². The second-order valence-electron chi connectivity index (χ2n) is 7.21. The van der Waals surface area contributed by atoms with Crippen LogP contribution in [0.1, 0.15) is 22.0 Å². The first-order valence-electron chi connectivity index (χ1n) is 9.65. The van der Waals surface area contributed by atoms with Gasteiger partial charge in [0, 0.05) is 22.8 Å². The van der Waals surface area contributed by atoms with E-state index in [0.717, 1.165) is 5.56 Å². The molecule has 31 heavy (non-hydrogen) atoms. The number of nitrogens with zero attached hydrogens (tertiary/aromatic N) is 1. The van der Waals surface area contributed by atoms with Crippen LogP contribution in [0.15, 0.2) is 83.8 Å². The standard InChI is InChI=1S/C23H24ClN3O3S/c1-27(2)22(20-13-6-7-14-21(20)24)16-25-23(28)17-9-8-10-18(15-17)26-31(29,30)19-11-4-3-5-12-19/h3-15,22,26H,16H2,1-2H3,(H,25,28). The van der Waals surface area contributed by atoms with Gasteiger partial charge < -0.3 is 10.2 Å². The lowest BCUT2D eigenvalue weighted by molar-refractivity contribution is 0.0942. The average molecular weight is 458 g/mol. The van der Waals surface area contributed by atoms with Crippen LogP contribution in [0, 0.1) is 0 Å². The summed E-state index contributed by atoms with van der Waals surface area (Å²) in [6.45, 7) is 0.343. The molecule has 0 heterocycles. The van der Waals surface area contributed by atoms with Gasteiger partial charge in [0.2, 0.25) is 0 Å². The molecule has 1 atom stereocenters. The number of halogens is 1. The van der Waals surface area contributed by atoms with Gasteiger partial charge in [0.15, 0.2) is 0 Å². The average Bonchev–Trinajstić information content (AvgIpc) is 2.75. The van der Waals surface area contributed by atoms with Gasteiger partial charge in [0.25, 0.3) is 15.9 Å². The summed E-state index contributed by atoms with van der Waals surface area (Å²) < 4.78 is 27.6. The molecule has 0 bridgehead atoms. The number of nitrogens with one attached hydrogen (secondary N) is 2. The second-order valence-corrected chi connectivity index (χ2v) is 9.30. The van der Waals surface area contributed by atoms with Gasteiger partial charge in [0.05, 0.1) is 10.9 Å². The van der Waals surface area contributed by atoms with Gasteiger partial charge in [-0.15, -0.1) is 0 Å². The number of sulfonamides is 1. The van der Waals surface area contributed by atoms with Crippen molar-refractivity contribution in [2.24, 2.45) is 0 Å². The third-order valence-corrected chi connectivity index (χ3v) is 6.52. The highest BCUT2D eigenvalue weighted by Gasteiger charge is 2.19. The molecule has 6 nitrogen and oxygen atoms in total. The Morgan fingerprint density at radius 1 is 0.968 bits per heavy atom. The van der Waals surface area contributed by atoms with Gasteiger partial charge in [0.1, 0.15) is 0 Å². The Morgan fingerprint density at radius 3 is 2.32 bits per heavy atom. The van der Waals surface area contributed by atoms with E-state index in [1.54, 1.807) is 36.4 Å². The molecule has 0 saturated carbocycles. The highest BCUT2D eigenvalue weighted by atomic mass is 35.5. The first-order chi connectivity index (χ1) is 14.8. The first-order valence-corrected chi connectivity index (χ1v) is 11.5. The van der Waals surface area contributed by atoms with Gasteiger partial charge in [-0.05, 0) is 56.1 Å². The lowest BCUT2D eigenvalue weighted by Gasteiger charge is -2.26. The van der Waals surface area contributed by atoms with Crippen LogP contribution in [0.3, 0.4) is 0 Å². The Balaban J connectivity index is 1.72. The van der Waals surface area contributed by atoms with E-state index in [0.29, 0.717) is 22.8 Å². The number of anilines is 1. The quantitative estimate of drug-likeness (QED) is 0.532. The van der Waals surface area contributed by atoms with Crippen LogP contribution < -0.4 is 10.0 Å². The van der Waals surface area contributed by atoms with Crippen LogP contribution in [-0.2, 0) is 10.0 Å². The van der Waals surface area contributed by atoms with Crippen LogP contribution in [0.5, 0.6) is 0 Å². The van der Waals surface area contributed by atoms with Crippen molar-refractivity contribution >= 4 is 33.2 Å². The molecule has 0 saturated heterocycles. The zero-order valence-electron chi connectivity index (χ0n) is 17.2. The van der Waals surface area contributed by atoms with E-state index < -0.39 is 10.0 Å². The maximum Gasteiger partial charge on any atom is 0.261 e. The van der Waals surface area contributed by atoms with E-state index in [1.165, 1.54) is 18.2 Å². The highest BCUT2D eigenvalue weighted by molar-refractivity contribution is 7.92. The molecule has 3 aromatic carbocycles. The molecule has 3 aromatic rings. The Kier molecular flexibility index (Phi) is 7.33. The predicted octanol–water partition coefficient (Wildman–Crippen LogP) is 4.17. The minimum Gasteiger partial charge on any atom is -0.350 e. The Bertz CT molecular complexity index is 1150. The first kappa shape index (κ1) is 22.8. The summed E-state index contributed by atoms with van der Waals surface area (Å²) in [6.07, 6.45) is 0. The van der Waals surface area contributed by atoms with Crippen molar-refractivity contribution in [3.05, 3.63) is 95.0 Å². The Labute approximate surface area is 187 Å². The molecule has 0 fully saturated rings. The van der Waals surface area contributed by atoms with E-state index in [4.69, 9.17) is 11.6 Å². The molecule has 0 aliphatic rings. The largest absolute Gasteiger partial charge is 0.350 e. The summed E-state index contributed by atoms with van der Waals surface area (Å²) >= 11 is 6.32. The summed E-state index contributed by atoms with van der Waals surface area (Å²) in [4.78, 5) is 14.9. The lowest BCUT2D eigenvalue weighted by Crippen LogP contribution is -2.34. The third kappa shape index (κ3) is 5.85. The summed E-state index contributed by atoms with van der Waals surface area (Å²) in [6, 6.07) is 21.8. The number of hydrogen-bond acceptors (Lipinski definition) is 4. The van der Waals surface area contributed by atoms with Crippen molar-refractivity contribution in [2.45, 2.75) is 10.9 Å². The number of likely N-dealkylation sites (N-methyl/N-ethyl adjacent to an activating group) is 1. The number of rotatable bonds is 8. The third-order valence-electron chi connectivity index (χ3n) is 4.77. The van der Waals surface area contributed by atoms with Crippen molar-refractivity contribution in [1.82, 2.24) is 10.2 Å². The van der Waals surface area contributed by atoms with Crippen LogP contribution in [0.2, 0.25) is 5.02 Å². The maximum atomic E-state index is 12.7. The summed E-state index contributed by atoms with van der Waals surface area (Å²) in [7, 11) is 0.0950. The van der Waals surface area contributed by atoms with E-state index >= 15 is 0 Å². The fourth-order valence-corrected chi connectivity index (χ4v) is 4.48. The lowest BCUT2D eigenvalue weighted by atomic mass is 10.1. The topological polar surface area (TPSA) is 78.5 Å². The molecule has 0 aliphatic carbocycles. The van der Waals surface area contributed by atoms with Crippen molar-refractivity contribution in [3.8, 4) is 0 Å². The van der Waals surface area contributed by atoms with E-state index in [-0.39, 0.29) is 16.8 Å². The molecular weight excluding hydrogens is 434 g/mol. The minimum absolute atomic E-state index is 0.114. The van der Waals surface area contributed by atoms with Crippen molar-refractivity contribution in [2.75, 3.05) is 25.4 Å². The minimum atomic E-state index is -3.74. The number of carbonyl (C=O) groups excluding carboxylic acids is 1. The smallest absolute Gasteiger partial charge is 0.261 e. The van der Waals surface area contributed by atoms with Gasteiger partial charge >= 0.3 is 0 Å². The van der Waals surface area contributed by atoms with E-state index in [2.05, 4.69) is 10.0 Å². The Morgan fingerprint density at radius 2 is 1.65 bits per heavy atom. The monoisotopic (exact) mass is 457 g/mol. The molecule has 0 radical (unpaired) electrons. The Hall–Kier alpha value is -2.87. The van der Waals surface area contributed by atoms with Gasteiger partial charge in [-0.1, -0.05) is 54.1 Å². The van der Waals surface area contributed by atoms with Crippen molar-refractivity contribution in [1.29, 1.82) is 0 Å². The van der Waals surface area contributed by atoms with Gasteiger partial charge in [-0.25, -0.2) is 8.42 Å².